The number of hydrogen-bond donors (Lipinski definition) is 2. The van der Waals surface area contributed by atoms with Crippen molar-refractivity contribution < 1.29 is 24.5 Å². The predicted molar refractivity (Wildman–Crippen MR) is 204 cm³/mol. The minimum absolute atomic E-state index is 0.0986. The number of phenols is 2. The Morgan fingerprint density at radius 2 is 0.979 bits per heavy atom. The molecule has 0 aliphatic heterocycles. The molecule has 2 aromatic rings. The van der Waals surface area contributed by atoms with Crippen LogP contribution in [0.2, 0.25) is 0 Å². The van der Waals surface area contributed by atoms with Crippen molar-refractivity contribution in [3.05, 3.63) is 47.0 Å². The first-order chi connectivity index (χ1) is 22.4. The third kappa shape index (κ3) is 17.1. The maximum Gasteiger partial charge on any atom is 0.311 e. The van der Waals surface area contributed by atoms with Gasteiger partial charge in [-0.3, -0.25) is 4.79 Å². The van der Waals surface area contributed by atoms with Crippen LogP contribution in [-0.4, -0.2) is 23.3 Å². The van der Waals surface area contributed by atoms with Gasteiger partial charge in [0.05, 0.1) is 7.11 Å². The Morgan fingerprint density at radius 1 is 0.583 bits per heavy atom. The summed E-state index contributed by atoms with van der Waals surface area (Å²) in [5, 5.41) is 20.2. The number of aromatic hydroxyl groups is 2. The zero-order chi connectivity index (χ0) is 36.4. The van der Waals surface area contributed by atoms with Crippen molar-refractivity contribution in [2.45, 2.75) is 188 Å². The monoisotopic (exact) mass is 669 g/mol. The van der Waals surface area contributed by atoms with Gasteiger partial charge in [0.1, 0.15) is 23.0 Å². The first-order valence-corrected chi connectivity index (χ1v) is 18.9. The topological polar surface area (TPSA) is 76.0 Å². The van der Waals surface area contributed by atoms with E-state index in [0.717, 1.165) is 35.3 Å². The van der Waals surface area contributed by atoms with Crippen LogP contribution in [0.25, 0.3) is 0 Å². The minimum atomic E-state index is -0.191. The highest BCUT2D eigenvalue weighted by Gasteiger charge is 2.27. The van der Waals surface area contributed by atoms with Gasteiger partial charge in [-0.25, -0.2) is 0 Å². The zero-order valence-corrected chi connectivity index (χ0v) is 32.8. The number of methoxy groups -OCH3 is 1. The summed E-state index contributed by atoms with van der Waals surface area (Å²) in [4.78, 5) is 12.2. The molecular weight excluding hydrogens is 596 g/mol. The summed E-state index contributed by atoms with van der Waals surface area (Å²) in [5.74, 6) is 1.79. The Bertz CT molecular complexity index is 1160. The van der Waals surface area contributed by atoms with E-state index in [2.05, 4.69) is 48.5 Å². The number of carbonyl (C=O) groups excluding carboxylic acids is 1. The molecule has 0 bridgehead atoms. The average Bonchev–Trinajstić information content (AvgIpc) is 2.98. The SMILES string of the molecule is CCCCCCCCCCCCCCCCCC(=O)Oc1ccc(O)cc1C(C)(C)C.COc1cc(C(C)(C)C)c(O)c(C(C)(C)C)c1. The highest BCUT2D eigenvalue weighted by atomic mass is 16.5. The van der Waals surface area contributed by atoms with Crippen LogP contribution in [0, 0.1) is 0 Å². The molecule has 5 heteroatoms. The molecule has 0 aliphatic rings. The molecule has 0 fully saturated rings. The number of benzene rings is 2. The van der Waals surface area contributed by atoms with E-state index in [9.17, 15) is 15.0 Å². The molecule has 0 aromatic heterocycles. The molecule has 0 heterocycles. The molecule has 0 spiro atoms. The van der Waals surface area contributed by atoms with Gasteiger partial charge in [-0.05, 0) is 53.0 Å². The number of phenolic OH excluding ortho intramolecular Hbond substituents is 2. The molecule has 2 N–H and O–H groups in total. The van der Waals surface area contributed by atoms with E-state index in [1.165, 1.54) is 83.5 Å². The van der Waals surface area contributed by atoms with E-state index in [1.54, 1.807) is 25.3 Å². The molecule has 0 unspecified atom stereocenters. The Hall–Kier alpha value is -2.69. The molecule has 2 rings (SSSR count). The molecule has 274 valence electrons. The third-order valence-corrected chi connectivity index (χ3v) is 8.91. The van der Waals surface area contributed by atoms with E-state index >= 15 is 0 Å². The maximum atomic E-state index is 12.2. The number of carbonyl (C=O) groups is 1. The molecular formula is C43H72O5. The molecule has 0 saturated carbocycles. The fourth-order valence-corrected chi connectivity index (χ4v) is 5.88. The van der Waals surface area contributed by atoms with Crippen LogP contribution in [0.3, 0.4) is 0 Å². The average molecular weight is 669 g/mol. The molecule has 2 aromatic carbocycles. The maximum absolute atomic E-state index is 12.2. The van der Waals surface area contributed by atoms with Gasteiger partial charge < -0.3 is 19.7 Å². The van der Waals surface area contributed by atoms with Gasteiger partial charge >= 0.3 is 5.97 Å². The smallest absolute Gasteiger partial charge is 0.311 e. The standard InChI is InChI=1S/C28H48O3.C15H24O2/c1-5-6-7-8-9-10-11-12-13-14-15-16-17-18-19-20-27(30)31-26-22-21-24(29)23-25(26)28(2,3)4;1-14(2,3)11-8-10(17-7)9-12(13(11)16)15(4,5)6/h21-23,29H,5-20H2,1-4H3;8-9,16H,1-7H3. The predicted octanol–water partition coefficient (Wildman–Crippen LogP) is 12.9. The Kier molecular flexibility index (Phi) is 19.3. The molecule has 0 aliphatic carbocycles. The van der Waals surface area contributed by atoms with E-state index in [1.807, 2.05) is 32.9 Å². The van der Waals surface area contributed by atoms with Crippen LogP contribution < -0.4 is 9.47 Å². The van der Waals surface area contributed by atoms with Crippen molar-refractivity contribution in [1.29, 1.82) is 0 Å². The number of ether oxygens (including phenoxy) is 2. The number of unbranched alkanes of at least 4 members (excludes halogenated alkanes) is 14. The lowest BCUT2D eigenvalue weighted by molar-refractivity contribution is -0.134. The van der Waals surface area contributed by atoms with Gasteiger partial charge in [0.25, 0.3) is 0 Å². The highest BCUT2D eigenvalue weighted by molar-refractivity contribution is 5.73. The van der Waals surface area contributed by atoms with E-state index in [4.69, 9.17) is 9.47 Å². The lowest BCUT2D eigenvalue weighted by Crippen LogP contribution is -2.17. The van der Waals surface area contributed by atoms with Crippen molar-refractivity contribution in [1.82, 2.24) is 0 Å². The van der Waals surface area contributed by atoms with E-state index in [-0.39, 0.29) is 28.0 Å². The molecule has 0 radical (unpaired) electrons. The third-order valence-electron chi connectivity index (χ3n) is 8.91. The largest absolute Gasteiger partial charge is 0.508 e. The first kappa shape index (κ1) is 43.3. The van der Waals surface area contributed by atoms with E-state index in [0.29, 0.717) is 17.9 Å². The summed E-state index contributed by atoms with van der Waals surface area (Å²) in [5.41, 5.74) is 2.33. The van der Waals surface area contributed by atoms with Gasteiger partial charge in [-0.2, -0.15) is 0 Å². The molecule has 0 amide bonds. The van der Waals surface area contributed by atoms with Crippen molar-refractivity contribution in [2.75, 3.05) is 7.11 Å². The first-order valence-electron chi connectivity index (χ1n) is 18.9. The van der Waals surface area contributed by atoms with Crippen LogP contribution in [0.5, 0.6) is 23.0 Å². The second kappa shape index (κ2) is 21.4. The van der Waals surface area contributed by atoms with E-state index < -0.39 is 0 Å². The molecule has 0 atom stereocenters. The molecule has 0 saturated heterocycles. The normalized spacial score (nSPS) is 12.0. The Morgan fingerprint density at radius 3 is 1.35 bits per heavy atom. The summed E-state index contributed by atoms with van der Waals surface area (Å²) in [6.45, 7) is 21.0. The zero-order valence-electron chi connectivity index (χ0n) is 32.8. The van der Waals surface area contributed by atoms with Crippen molar-refractivity contribution in [2.24, 2.45) is 0 Å². The Balaban J connectivity index is 0.000000569. The fourth-order valence-electron chi connectivity index (χ4n) is 5.88. The lowest BCUT2D eigenvalue weighted by Gasteiger charge is -2.27. The van der Waals surface area contributed by atoms with Gasteiger partial charge in [0, 0.05) is 23.1 Å². The van der Waals surface area contributed by atoms with Crippen molar-refractivity contribution in [3.63, 3.8) is 0 Å². The number of esters is 1. The van der Waals surface area contributed by atoms with Crippen molar-refractivity contribution in [3.8, 4) is 23.0 Å². The minimum Gasteiger partial charge on any atom is -0.508 e. The quantitative estimate of drug-likeness (QED) is 0.0939. The van der Waals surface area contributed by atoms with Gasteiger partial charge in [0.15, 0.2) is 0 Å². The number of hydrogen-bond acceptors (Lipinski definition) is 5. The van der Waals surface area contributed by atoms with Gasteiger partial charge in [-0.15, -0.1) is 0 Å². The van der Waals surface area contributed by atoms with Crippen molar-refractivity contribution >= 4 is 5.97 Å². The summed E-state index contributed by atoms with van der Waals surface area (Å²) >= 11 is 0. The van der Waals surface area contributed by atoms with Crippen LogP contribution in [0.15, 0.2) is 30.3 Å². The van der Waals surface area contributed by atoms with Gasteiger partial charge in [0.2, 0.25) is 0 Å². The summed E-state index contributed by atoms with van der Waals surface area (Å²) in [6.07, 6.45) is 20.2. The van der Waals surface area contributed by atoms with Crippen LogP contribution in [0.4, 0.5) is 0 Å². The molecule has 48 heavy (non-hydrogen) atoms. The summed E-state index contributed by atoms with van der Waals surface area (Å²) < 4.78 is 10.9. The molecule has 5 nitrogen and oxygen atoms in total. The van der Waals surface area contributed by atoms with Crippen LogP contribution in [-0.2, 0) is 21.0 Å². The summed E-state index contributed by atoms with van der Waals surface area (Å²) in [6, 6.07) is 8.80. The highest BCUT2D eigenvalue weighted by Crippen LogP contribution is 2.41. The second-order valence-electron chi connectivity index (χ2n) is 16.7. The lowest BCUT2D eigenvalue weighted by atomic mass is 9.79. The second-order valence-corrected chi connectivity index (χ2v) is 16.7. The summed E-state index contributed by atoms with van der Waals surface area (Å²) in [7, 11) is 1.66. The fraction of sp³-hybridized carbons (Fsp3) is 0.698. The number of rotatable bonds is 18. The Labute approximate surface area is 295 Å². The van der Waals surface area contributed by atoms with Crippen LogP contribution in [0.1, 0.15) is 189 Å². The van der Waals surface area contributed by atoms with Gasteiger partial charge in [-0.1, -0.05) is 159 Å². The van der Waals surface area contributed by atoms with Crippen LogP contribution >= 0.6 is 0 Å².